The molecule has 2 heterocycles. The fraction of sp³-hybridized carbons (Fsp3) is 0.562. The normalized spacial score (nSPS) is 21.1. The lowest BCUT2D eigenvalue weighted by Crippen LogP contribution is -2.44. The van der Waals surface area contributed by atoms with Crippen molar-refractivity contribution in [1.29, 1.82) is 0 Å². The number of nitrogens with zero attached hydrogens (tertiary/aromatic N) is 1. The smallest absolute Gasteiger partial charge is 0.238 e. The summed E-state index contributed by atoms with van der Waals surface area (Å²) in [6, 6.07) is 4.59. The van der Waals surface area contributed by atoms with Crippen LogP contribution in [0, 0.1) is 0 Å². The molecule has 0 radical (unpaired) electrons. The Kier molecular flexibility index (Phi) is 4.48. The molecule has 0 N–H and O–H groups in total. The number of hydrogen-bond acceptors (Lipinski definition) is 5. The molecule has 1 aromatic rings. The van der Waals surface area contributed by atoms with Crippen LogP contribution in [0.25, 0.3) is 0 Å². The van der Waals surface area contributed by atoms with Gasteiger partial charge in [0.05, 0.1) is 4.90 Å². The molecule has 7 heteroatoms. The molecule has 1 atom stereocenters. The molecule has 6 nitrogen and oxygen atoms in total. The second kappa shape index (κ2) is 6.39. The first-order valence-electron chi connectivity index (χ1n) is 7.89. The number of fused-ring (bicyclic) bond motifs is 1. The molecule has 0 spiro atoms. The zero-order valence-electron chi connectivity index (χ0n) is 13.2. The molecular weight excluding hydrogens is 318 g/mol. The molecule has 2 aliphatic heterocycles. The zero-order chi connectivity index (χ0) is 16.4. The maximum absolute atomic E-state index is 12.5. The molecule has 1 amide bonds. The Morgan fingerprint density at radius 2 is 1.96 bits per heavy atom. The highest BCUT2D eigenvalue weighted by molar-refractivity contribution is 7.92. The van der Waals surface area contributed by atoms with E-state index in [1.165, 1.54) is 12.1 Å². The van der Waals surface area contributed by atoms with E-state index in [0.29, 0.717) is 31.3 Å². The van der Waals surface area contributed by atoms with Crippen molar-refractivity contribution < 1.29 is 22.7 Å². The van der Waals surface area contributed by atoms with Gasteiger partial charge in [-0.25, -0.2) is 8.42 Å². The van der Waals surface area contributed by atoms with Crippen LogP contribution in [0.15, 0.2) is 23.1 Å². The van der Waals surface area contributed by atoms with Gasteiger partial charge in [0.25, 0.3) is 0 Å². The fourth-order valence-corrected chi connectivity index (χ4v) is 4.23. The van der Waals surface area contributed by atoms with Crippen LogP contribution in [0.4, 0.5) is 0 Å². The number of likely N-dealkylation sites (tertiary alicyclic amines) is 1. The summed E-state index contributed by atoms with van der Waals surface area (Å²) < 4.78 is 35.9. The molecule has 1 unspecified atom stereocenters. The van der Waals surface area contributed by atoms with Crippen LogP contribution >= 0.6 is 0 Å². The van der Waals surface area contributed by atoms with Crippen LogP contribution < -0.4 is 9.47 Å². The Morgan fingerprint density at radius 3 is 2.70 bits per heavy atom. The van der Waals surface area contributed by atoms with Gasteiger partial charge in [0.2, 0.25) is 5.91 Å². The number of carbonyl (C=O) groups is 1. The molecule has 2 aliphatic rings. The average Bonchev–Trinajstić information content (AvgIpc) is 2.54. The quantitative estimate of drug-likeness (QED) is 0.837. The number of sulfone groups is 1. The van der Waals surface area contributed by atoms with E-state index in [-0.39, 0.29) is 16.8 Å². The third kappa shape index (κ3) is 3.44. The third-order valence-corrected chi connectivity index (χ3v) is 5.91. The van der Waals surface area contributed by atoms with Crippen molar-refractivity contribution in [3.05, 3.63) is 18.2 Å². The minimum Gasteiger partial charge on any atom is -0.486 e. The largest absolute Gasteiger partial charge is 0.486 e. The Labute approximate surface area is 136 Å². The summed E-state index contributed by atoms with van der Waals surface area (Å²) in [6.45, 7) is 3.44. The maximum atomic E-state index is 12.5. The zero-order valence-corrected chi connectivity index (χ0v) is 14.0. The number of benzene rings is 1. The van der Waals surface area contributed by atoms with Crippen LogP contribution in [0.3, 0.4) is 0 Å². The monoisotopic (exact) mass is 339 g/mol. The standard InChI is InChI=1S/C16H21NO5S/c1-12-4-2-3-7-17(12)16(18)11-23(19,20)13-5-6-14-15(10-13)22-9-8-21-14/h5-6,10,12H,2-4,7-9,11H2,1H3. The third-order valence-electron chi connectivity index (χ3n) is 4.31. The summed E-state index contributed by atoms with van der Waals surface area (Å²) in [5.74, 6) is 0.117. The highest BCUT2D eigenvalue weighted by Crippen LogP contribution is 2.32. The van der Waals surface area contributed by atoms with Crippen molar-refractivity contribution in [2.24, 2.45) is 0 Å². The van der Waals surface area contributed by atoms with Crippen LogP contribution in [0.1, 0.15) is 26.2 Å². The van der Waals surface area contributed by atoms with Crippen molar-refractivity contribution in [3.63, 3.8) is 0 Å². The first-order chi connectivity index (χ1) is 11.0. The van der Waals surface area contributed by atoms with E-state index < -0.39 is 15.6 Å². The molecule has 0 aromatic heterocycles. The Morgan fingerprint density at radius 1 is 1.22 bits per heavy atom. The summed E-state index contributed by atoms with van der Waals surface area (Å²) in [4.78, 5) is 14.2. The lowest BCUT2D eigenvalue weighted by molar-refractivity contribution is -0.131. The number of piperidine rings is 1. The second-order valence-electron chi connectivity index (χ2n) is 6.00. The van der Waals surface area contributed by atoms with Gasteiger partial charge in [0, 0.05) is 18.7 Å². The molecule has 0 aliphatic carbocycles. The van der Waals surface area contributed by atoms with E-state index in [9.17, 15) is 13.2 Å². The van der Waals surface area contributed by atoms with Crippen LogP contribution in [0.2, 0.25) is 0 Å². The maximum Gasteiger partial charge on any atom is 0.238 e. The van der Waals surface area contributed by atoms with Gasteiger partial charge in [-0.1, -0.05) is 0 Å². The molecule has 0 saturated carbocycles. The minimum atomic E-state index is -3.69. The lowest BCUT2D eigenvalue weighted by atomic mass is 10.0. The van der Waals surface area contributed by atoms with Crippen molar-refractivity contribution >= 4 is 15.7 Å². The molecule has 1 saturated heterocycles. The molecular formula is C16H21NO5S. The minimum absolute atomic E-state index is 0.0970. The summed E-state index contributed by atoms with van der Waals surface area (Å²) in [5, 5.41) is 0. The fourth-order valence-electron chi connectivity index (χ4n) is 3.01. The van der Waals surface area contributed by atoms with Gasteiger partial charge in [-0.05, 0) is 38.3 Å². The van der Waals surface area contributed by atoms with Crippen LogP contribution in [0.5, 0.6) is 11.5 Å². The number of amides is 1. The van der Waals surface area contributed by atoms with Crippen molar-refractivity contribution in [2.75, 3.05) is 25.5 Å². The van der Waals surface area contributed by atoms with Crippen molar-refractivity contribution in [1.82, 2.24) is 4.90 Å². The topological polar surface area (TPSA) is 72.9 Å². The van der Waals surface area contributed by atoms with Crippen LogP contribution in [-0.4, -0.2) is 50.8 Å². The summed E-state index contributed by atoms with van der Waals surface area (Å²) in [7, 11) is -3.69. The van der Waals surface area contributed by atoms with E-state index >= 15 is 0 Å². The molecule has 126 valence electrons. The first kappa shape index (κ1) is 16.1. The number of rotatable bonds is 3. The van der Waals surface area contributed by atoms with Crippen molar-refractivity contribution in [3.8, 4) is 11.5 Å². The van der Waals surface area contributed by atoms with Gasteiger partial charge < -0.3 is 14.4 Å². The highest BCUT2D eigenvalue weighted by Gasteiger charge is 2.29. The Bertz CT molecular complexity index is 700. The van der Waals surface area contributed by atoms with E-state index in [2.05, 4.69) is 0 Å². The van der Waals surface area contributed by atoms with Gasteiger partial charge in [-0.2, -0.15) is 0 Å². The summed E-state index contributed by atoms with van der Waals surface area (Å²) >= 11 is 0. The van der Waals surface area contributed by atoms with E-state index in [1.54, 1.807) is 11.0 Å². The molecule has 0 bridgehead atoms. The summed E-state index contributed by atoms with van der Waals surface area (Å²) in [5.41, 5.74) is 0. The second-order valence-corrected chi connectivity index (χ2v) is 7.99. The SMILES string of the molecule is CC1CCCCN1C(=O)CS(=O)(=O)c1ccc2c(c1)OCCO2. The van der Waals surface area contributed by atoms with Crippen molar-refractivity contribution in [2.45, 2.75) is 37.1 Å². The molecule has 1 aromatic carbocycles. The van der Waals surface area contributed by atoms with Crippen LogP contribution in [-0.2, 0) is 14.6 Å². The highest BCUT2D eigenvalue weighted by atomic mass is 32.2. The molecule has 1 fully saturated rings. The predicted molar refractivity (Wildman–Crippen MR) is 84.5 cm³/mol. The first-order valence-corrected chi connectivity index (χ1v) is 9.54. The lowest BCUT2D eigenvalue weighted by Gasteiger charge is -2.33. The number of carbonyl (C=O) groups excluding carboxylic acids is 1. The van der Waals surface area contributed by atoms with Gasteiger partial charge in [-0.15, -0.1) is 0 Å². The van der Waals surface area contributed by atoms with E-state index in [0.717, 1.165) is 19.3 Å². The van der Waals surface area contributed by atoms with E-state index in [4.69, 9.17) is 9.47 Å². The van der Waals surface area contributed by atoms with E-state index in [1.807, 2.05) is 6.92 Å². The number of ether oxygens (including phenoxy) is 2. The van der Waals surface area contributed by atoms with Gasteiger partial charge >= 0.3 is 0 Å². The predicted octanol–water partition coefficient (Wildman–Crippen LogP) is 1.63. The molecule has 23 heavy (non-hydrogen) atoms. The molecule has 3 rings (SSSR count). The van der Waals surface area contributed by atoms with Gasteiger partial charge in [-0.3, -0.25) is 4.79 Å². The Balaban J connectivity index is 1.77. The average molecular weight is 339 g/mol. The van der Waals surface area contributed by atoms with Gasteiger partial charge in [0.15, 0.2) is 21.3 Å². The summed E-state index contributed by atoms with van der Waals surface area (Å²) in [6.07, 6.45) is 2.94. The Hall–Kier alpha value is -1.76. The number of hydrogen-bond donors (Lipinski definition) is 0. The van der Waals surface area contributed by atoms with Gasteiger partial charge in [0.1, 0.15) is 19.0 Å².